The minimum atomic E-state index is 0.998. The molecule has 1 saturated carbocycles. The number of benzene rings is 1. The average Bonchev–Trinajstić information content (AvgIpc) is 2.29. The number of rotatable bonds is 2. The fourth-order valence-electron chi connectivity index (χ4n) is 3.22. The van der Waals surface area contributed by atoms with Crippen LogP contribution in [0.15, 0.2) is 30.3 Å². The van der Waals surface area contributed by atoms with Crippen LogP contribution in [0.5, 0.6) is 0 Å². The number of hydrogen-bond acceptors (Lipinski definition) is 0. The normalized spacial score (nSPS) is 25.2. The molecule has 1 aromatic rings. The second-order valence-corrected chi connectivity index (χ2v) is 5.82. The zero-order chi connectivity index (χ0) is 11.7. The highest BCUT2D eigenvalue weighted by molar-refractivity contribution is 5.66. The summed E-state index contributed by atoms with van der Waals surface area (Å²) in [5.41, 5.74) is 4.39. The van der Waals surface area contributed by atoms with Gasteiger partial charge in [-0.3, -0.25) is 0 Å². The lowest BCUT2D eigenvalue weighted by Gasteiger charge is -2.35. The summed E-state index contributed by atoms with van der Waals surface area (Å²) < 4.78 is 0. The first kappa shape index (κ1) is 11.1. The molecule has 3 rings (SSSR count). The number of allylic oxidation sites excluding steroid dienone is 2. The Kier molecular flexibility index (Phi) is 3.05. The zero-order valence-corrected chi connectivity index (χ0v) is 10.8. The Labute approximate surface area is 105 Å². The molecule has 2 aliphatic carbocycles. The highest BCUT2D eigenvalue weighted by atomic mass is 14.3. The largest absolute Gasteiger partial charge is 0.0804 e. The first-order chi connectivity index (χ1) is 8.33. The Balaban J connectivity index is 1.69. The van der Waals surface area contributed by atoms with E-state index in [1.165, 1.54) is 49.7 Å². The van der Waals surface area contributed by atoms with Crippen molar-refractivity contribution in [2.24, 2.45) is 11.8 Å². The van der Waals surface area contributed by atoms with Gasteiger partial charge in [-0.2, -0.15) is 0 Å². The summed E-state index contributed by atoms with van der Waals surface area (Å²) in [6.07, 6.45) is 11.0. The average molecular weight is 226 g/mol. The van der Waals surface area contributed by atoms with E-state index in [0.29, 0.717) is 0 Å². The SMILES string of the molecule is Cc1ccc(C2=CCC(C3CCC3)CC2)cc1. The summed E-state index contributed by atoms with van der Waals surface area (Å²) in [5.74, 6) is 2.06. The van der Waals surface area contributed by atoms with Crippen LogP contribution in [0, 0.1) is 18.8 Å². The Morgan fingerprint density at radius 1 is 0.941 bits per heavy atom. The van der Waals surface area contributed by atoms with Crippen LogP contribution in [0.25, 0.3) is 5.57 Å². The van der Waals surface area contributed by atoms with Crippen LogP contribution < -0.4 is 0 Å². The molecule has 2 aliphatic rings. The summed E-state index contributed by atoms with van der Waals surface area (Å²) in [6.45, 7) is 2.16. The molecule has 90 valence electrons. The molecule has 0 bridgehead atoms. The quantitative estimate of drug-likeness (QED) is 0.667. The standard InChI is InChI=1S/C17H22/c1-13-5-7-15(8-6-13)17-11-9-16(10-12-17)14-3-2-4-14/h5-8,11,14,16H,2-4,9-10,12H2,1H3. The molecule has 0 heterocycles. The molecule has 0 saturated heterocycles. The Morgan fingerprint density at radius 2 is 1.71 bits per heavy atom. The molecular formula is C17H22. The van der Waals surface area contributed by atoms with Crippen LogP contribution in [-0.2, 0) is 0 Å². The van der Waals surface area contributed by atoms with Crippen LogP contribution in [0.3, 0.4) is 0 Å². The Hall–Kier alpha value is -1.04. The zero-order valence-electron chi connectivity index (χ0n) is 10.8. The lowest BCUT2D eigenvalue weighted by molar-refractivity contribution is 0.195. The Bertz CT molecular complexity index is 406. The lowest BCUT2D eigenvalue weighted by Crippen LogP contribution is -2.23. The fraction of sp³-hybridized carbons (Fsp3) is 0.529. The molecule has 0 amide bonds. The molecular weight excluding hydrogens is 204 g/mol. The Morgan fingerprint density at radius 3 is 2.24 bits per heavy atom. The molecule has 1 aromatic carbocycles. The smallest absolute Gasteiger partial charge is 0.0228 e. The highest BCUT2D eigenvalue weighted by Crippen LogP contribution is 2.42. The molecule has 17 heavy (non-hydrogen) atoms. The number of aryl methyl sites for hydroxylation is 1. The van der Waals surface area contributed by atoms with Gasteiger partial charge in [-0.25, -0.2) is 0 Å². The monoisotopic (exact) mass is 226 g/mol. The molecule has 0 radical (unpaired) electrons. The van der Waals surface area contributed by atoms with Gasteiger partial charge >= 0.3 is 0 Å². The first-order valence-corrected chi connectivity index (χ1v) is 7.09. The van der Waals surface area contributed by atoms with Crippen LogP contribution in [0.1, 0.15) is 49.7 Å². The molecule has 0 aliphatic heterocycles. The molecule has 1 unspecified atom stereocenters. The maximum atomic E-state index is 2.51. The van der Waals surface area contributed by atoms with E-state index in [1.54, 1.807) is 5.57 Å². The summed E-state index contributed by atoms with van der Waals surface area (Å²) >= 11 is 0. The summed E-state index contributed by atoms with van der Waals surface area (Å²) in [7, 11) is 0. The van der Waals surface area contributed by atoms with Gasteiger partial charge in [0.2, 0.25) is 0 Å². The van der Waals surface area contributed by atoms with E-state index >= 15 is 0 Å². The van der Waals surface area contributed by atoms with Gasteiger partial charge in [0.1, 0.15) is 0 Å². The maximum Gasteiger partial charge on any atom is -0.0228 e. The van der Waals surface area contributed by atoms with E-state index in [-0.39, 0.29) is 0 Å². The van der Waals surface area contributed by atoms with Gasteiger partial charge in [-0.1, -0.05) is 55.2 Å². The topological polar surface area (TPSA) is 0 Å². The van der Waals surface area contributed by atoms with E-state index in [0.717, 1.165) is 11.8 Å². The van der Waals surface area contributed by atoms with Gasteiger partial charge in [0, 0.05) is 0 Å². The van der Waals surface area contributed by atoms with E-state index in [1.807, 2.05) is 0 Å². The summed E-state index contributed by atoms with van der Waals surface area (Å²) in [6, 6.07) is 9.03. The van der Waals surface area contributed by atoms with Crippen molar-refractivity contribution in [2.75, 3.05) is 0 Å². The van der Waals surface area contributed by atoms with E-state index in [2.05, 4.69) is 37.3 Å². The van der Waals surface area contributed by atoms with Crippen molar-refractivity contribution >= 4 is 5.57 Å². The minimum Gasteiger partial charge on any atom is -0.0804 e. The van der Waals surface area contributed by atoms with E-state index in [9.17, 15) is 0 Å². The maximum absolute atomic E-state index is 2.51. The van der Waals surface area contributed by atoms with E-state index < -0.39 is 0 Å². The van der Waals surface area contributed by atoms with Crippen LogP contribution in [-0.4, -0.2) is 0 Å². The third-order valence-corrected chi connectivity index (χ3v) is 4.69. The highest BCUT2D eigenvalue weighted by Gasteiger charge is 2.28. The third-order valence-electron chi connectivity index (χ3n) is 4.69. The molecule has 0 spiro atoms. The van der Waals surface area contributed by atoms with Crippen molar-refractivity contribution in [3.63, 3.8) is 0 Å². The summed E-state index contributed by atoms with van der Waals surface area (Å²) in [5, 5.41) is 0. The van der Waals surface area contributed by atoms with Gasteiger partial charge in [-0.05, 0) is 49.2 Å². The van der Waals surface area contributed by atoms with Crippen molar-refractivity contribution in [1.29, 1.82) is 0 Å². The molecule has 0 N–H and O–H groups in total. The molecule has 1 atom stereocenters. The van der Waals surface area contributed by atoms with Gasteiger partial charge in [-0.15, -0.1) is 0 Å². The predicted molar refractivity (Wildman–Crippen MR) is 73.8 cm³/mol. The third kappa shape index (κ3) is 2.31. The van der Waals surface area contributed by atoms with Crippen LogP contribution >= 0.6 is 0 Å². The van der Waals surface area contributed by atoms with Crippen molar-refractivity contribution in [3.8, 4) is 0 Å². The molecule has 0 nitrogen and oxygen atoms in total. The van der Waals surface area contributed by atoms with Crippen molar-refractivity contribution in [1.82, 2.24) is 0 Å². The van der Waals surface area contributed by atoms with Crippen molar-refractivity contribution < 1.29 is 0 Å². The van der Waals surface area contributed by atoms with Crippen LogP contribution in [0.2, 0.25) is 0 Å². The number of hydrogen-bond donors (Lipinski definition) is 0. The van der Waals surface area contributed by atoms with Crippen molar-refractivity contribution in [2.45, 2.75) is 45.4 Å². The summed E-state index contributed by atoms with van der Waals surface area (Å²) in [4.78, 5) is 0. The first-order valence-electron chi connectivity index (χ1n) is 7.09. The predicted octanol–water partition coefficient (Wildman–Crippen LogP) is 4.98. The fourth-order valence-corrected chi connectivity index (χ4v) is 3.22. The molecule has 0 heteroatoms. The second kappa shape index (κ2) is 4.68. The van der Waals surface area contributed by atoms with Gasteiger partial charge in [0.25, 0.3) is 0 Å². The second-order valence-electron chi connectivity index (χ2n) is 5.82. The van der Waals surface area contributed by atoms with Crippen LogP contribution in [0.4, 0.5) is 0 Å². The van der Waals surface area contributed by atoms with Gasteiger partial charge in [0.05, 0.1) is 0 Å². The van der Waals surface area contributed by atoms with Crippen molar-refractivity contribution in [3.05, 3.63) is 41.5 Å². The minimum absolute atomic E-state index is 0.998. The molecule has 0 aromatic heterocycles. The lowest BCUT2D eigenvalue weighted by atomic mass is 9.70. The van der Waals surface area contributed by atoms with Gasteiger partial charge < -0.3 is 0 Å². The van der Waals surface area contributed by atoms with Gasteiger partial charge in [0.15, 0.2) is 0 Å². The van der Waals surface area contributed by atoms with E-state index in [4.69, 9.17) is 0 Å². The molecule has 1 fully saturated rings.